The third-order valence-electron chi connectivity index (χ3n) is 3.11. The fourth-order valence-corrected chi connectivity index (χ4v) is 2.14. The Balaban J connectivity index is 1.98. The van der Waals surface area contributed by atoms with Crippen molar-refractivity contribution in [1.29, 1.82) is 0 Å². The first-order valence-corrected chi connectivity index (χ1v) is 5.16. The van der Waals surface area contributed by atoms with E-state index in [1.165, 1.54) is 12.1 Å². The van der Waals surface area contributed by atoms with Gasteiger partial charge in [-0.15, -0.1) is 0 Å². The fraction of sp³-hybridized carbons (Fsp3) is 0.250. The standard InChI is InChI=1S/C12H10FNO2/c13-7-1-2-10-6(3-7)4-11(14-10)8-5-9(8)12(15)16/h1-4,8-9,14H,5H2,(H,15,16). The summed E-state index contributed by atoms with van der Waals surface area (Å²) >= 11 is 0. The first kappa shape index (κ1) is 9.39. The minimum absolute atomic E-state index is 0.0629. The number of hydrogen-bond acceptors (Lipinski definition) is 1. The number of halogens is 1. The molecular weight excluding hydrogens is 209 g/mol. The normalized spacial score (nSPS) is 23.6. The number of aliphatic carboxylic acids is 1. The molecular formula is C12H10FNO2. The lowest BCUT2D eigenvalue weighted by molar-refractivity contribution is -0.138. The van der Waals surface area contributed by atoms with Crippen molar-refractivity contribution in [3.63, 3.8) is 0 Å². The van der Waals surface area contributed by atoms with Gasteiger partial charge in [-0.3, -0.25) is 4.79 Å². The number of carboxylic acids is 1. The van der Waals surface area contributed by atoms with E-state index in [9.17, 15) is 9.18 Å². The highest BCUT2D eigenvalue weighted by molar-refractivity contribution is 5.82. The zero-order valence-corrected chi connectivity index (χ0v) is 8.40. The lowest BCUT2D eigenvalue weighted by atomic mass is 10.2. The summed E-state index contributed by atoms with van der Waals surface area (Å²) in [7, 11) is 0. The monoisotopic (exact) mass is 219 g/mol. The summed E-state index contributed by atoms with van der Waals surface area (Å²) in [5, 5.41) is 9.63. The Morgan fingerprint density at radius 1 is 1.44 bits per heavy atom. The first-order chi connectivity index (χ1) is 7.65. The number of H-pyrrole nitrogens is 1. The maximum atomic E-state index is 13.0. The van der Waals surface area contributed by atoms with Crippen LogP contribution in [0.1, 0.15) is 18.0 Å². The zero-order valence-electron chi connectivity index (χ0n) is 8.40. The van der Waals surface area contributed by atoms with Crippen LogP contribution in [0.15, 0.2) is 24.3 Å². The van der Waals surface area contributed by atoms with E-state index in [0.717, 1.165) is 16.6 Å². The van der Waals surface area contributed by atoms with Crippen molar-refractivity contribution in [2.45, 2.75) is 12.3 Å². The van der Waals surface area contributed by atoms with Crippen molar-refractivity contribution in [3.05, 3.63) is 35.8 Å². The van der Waals surface area contributed by atoms with Crippen molar-refractivity contribution in [3.8, 4) is 0 Å². The van der Waals surface area contributed by atoms with Gasteiger partial charge in [0, 0.05) is 22.5 Å². The van der Waals surface area contributed by atoms with Gasteiger partial charge >= 0.3 is 5.97 Å². The van der Waals surface area contributed by atoms with Crippen LogP contribution in [-0.4, -0.2) is 16.1 Å². The largest absolute Gasteiger partial charge is 0.481 e. The number of carboxylic acid groups (broad SMARTS) is 1. The summed E-state index contributed by atoms with van der Waals surface area (Å²) in [6.45, 7) is 0. The van der Waals surface area contributed by atoms with E-state index >= 15 is 0 Å². The van der Waals surface area contributed by atoms with E-state index < -0.39 is 5.97 Å². The second kappa shape index (κ2) is 3.07. The Labute approximate surface area is 90.9 Å². The molecule has 0 bridgehead atoms. The van der Waals surface area contributed by atoms with Gasteiger partial charge in [-0.1, -0.05) is 0 Å². The molecule has 0 amide bonds. The second-order valence-corrected chi connectivity index (χ2v) is 4.24. The van der Waals surface area contributed by atoms with Crippen LogP contribution in [-0.2, 0) is 4.79 Å². The van der Waals surface area contributed by atoms with Crippen LogP contribution in [0.2, 0.25) is 0 Å². The fourth-order valence-electron chi connectivity index (χ4n) is 2.14. The van der Waals surface area contributed by atoms with Crippen molar-refractivity contribution < 1.29 is 14.3 Å². The predicted octanol–water partition coefficient (Wildman–Crippen LogP) is 2.50. The molecule has 0 saturated heterocycles. The maximum Gasteiger partial charge on any atom is 0.307 e. The van der Waals surface area contributed by atoms with Gasteiger partial charge < -0.3 is 10.1 Å². The van der Waals surface area contributed by atoms with Crippen molar-refractivity contribution >= 4 is 16.9 Å². The number of nitrogens with one attached hydrogen (secondary N) is 1. The number of aromatic amines is 1. The van der Waals surface area contributed by atoms with E-state index in [1.807, 2.05) is 6.07 Å². The Bertz CT molecular complexity index is 575. The molecule has 1 aromatic heterocycles. The molecule has 2 N–H and O–H groups in total. The molecule has 82 valence electrons. The average molecular weight is 219 g/mol. The van der Waals surface area contributed by atoms with Crippen LogP contribution in [0, 0.1) is 11.7 Å². The Hall–Kier alpha value is -1.84. The molecule has 1 fully saturated rings. The SMILES string of the molecule is O=C(O)C1CC1c1cc2cc(F)ccc2[nH]1. The van der Waals surface area contributed by atoms with Gasteiger partial charge in [-0.2, -0.15) is 0 Å². The van der Waals surface area contributed by atoms with Gasteiger partial charge in [-0.25, -0.2) is 4.39 Å². The lowest BCUT2D eigenvalue weighted by Crippen LogP contribution is -1.98. The molecule has 1 heterocycles. The number of benzene rings is 1. The van der Waals surface area contributed by atoms with Crippen molar-refractivity contribution in [2.24, 2.45) is 5.92 Å². The zero-order chi connectivity index (χ0) is 11.3. The van der Waals surface area contributed by atoms with E-state index in [1.54, 1.807) is 6.07 Å². The highest BCUT2D eigenvalue weighted by atomic mass is 19.1. The highest BCUT2D eigenvalue weighted by Crippen LogP contribution is 2.47. The van der Waals surface area contributed by atoms with Crippen LogP contribution in [0.3, 0.4) is 0 Å². The smallest absolute Gasteiger partial charge is 0.307 e. The minimum Gasteiger partial charge on any atom is -0.481 e. The van der Waals surface area contributed by atoms with E-state index in [4.69, 9.17) is 5.11 Å². The van der Waals surface area contributed by atoms with Crippen LogP contribution in [0.5, 0.6) is 0 Å². The molecule has 1 aliphatic rings. The molecule has 0 aliphatic heterocycles. The lowest BCUT2D eigenvalue weighted by Gasteiger charge is -1.91. The Morgan fingerprint density at radius 2 is 2.25 bits per heavy atom. The van der Waals surface area contributed by atoms with Gasteiger partial charge in [0.2, 0.25) is 0 Å². The number of hydrogen-bond donors (Lipinski definition) is 2. The van der Waals surface area contributed by atoms with Crippen LogP contribution in [0.4, 0.5) is 4.39 Å². The van der Waals surface area contributed by atoms with Gasteiger partial charge in [0.25, 0.3) is 0 Å². The van der Waals surface area contributed by atoms with Crippen molar-refractivity contribution in [1.82, 2.24) is 4.98 Å². The molecule has 16 heavy (non-hydrogen) atoms. The Kier molecular flexibility index (Phi) is 1.80. The molecule has 1 aromatic carbocycles. The molecule has 3 rings (SSSR count). The van der Waals surface area contributed by atoms with Gasteiger partial charge in [-0.05, 0) is 30.7 Å². The van der Waals surface area contributed by atoms with E-state index in [2.05, 4.69) is 4.98 Å². The minimum atomic E-state index is -0.755. The number of carbonyl (C=O) groups is 1. The second-order valence-electron chi connectivity index (χ2n) is 4.24. The third-order valence-corrected chi connectivity index (χ3v) is 3.11. The van der Waals surface area contributed by atoms with E-state index in [-0.39, 0.29) is 17.7 Å². The molecule has 0 radical (unpaired) electrons. The van der Waals surface area contributed by atoms with Gasteiger partial charge in [0.1, 0.15) is 5.82 Å². The first-order valence-electron chi connectivity index (χ1n) is 5.16. The summed E-state index contributed by atoms with van der Waals surface area (Å²) < 4.78 is 13.0. The Morgan fingerprint density at radius 3 is 2.94 bits per heavy atom. The highest BCUT2D eigenvalue weighted by Gasteiger charge is 2.45. The maximum absolute atomic E-state index is 13.0. The molecule has 1 aliphatic carbocycles. The summed E-state index contributed by atoms with van der Waals surface area (Å²) in [6, 6.07) is 6.36. The average Bonchev–Trinajstić information content (AvgIpc) is 2.93. The third kappa shape index (κ3) is 1.38. The van der Waals surface area contributed by atoms with Crippen molar-refractivity contribution in [2.75, 3.05) is 0 Å². The van der Waals surface area contributed by atoms with E-state index in [0.29, 0.717) is 6.42 Å². The summed E-state index contributed by atoms with van der Waals surface area (Å²) in [5.41, 5.74) is 1.75. The quantitative estimate of drug-likeness (QED) is 0.815. The molecule has 0 spiro atoms. The van der Waals surface area contributed by atoms with Gasteiger partial charge in [0.15, 0.2) is 0 Å². The summed E-state index contributed by atoms with van der Waals surface area (Å²) in [5.74, 6) is -1.25. The van der Waals surface area contributed by atoms with Crippen LogP contribution in [0.25, 0.3) is 10.9 Å². The molecule has 4 heteroatoms. The number of aromatic nitrogens is 1. The molecule has 1 saturated carbocycles. The number of rotatable bonds is 2. The topological polar surface area (TPSA) is 53.1 Å². The van der Waals surface area contributed by atoms with Crippen LogP contribution >= 0.6 is 0 Å². The summed E-state index contributed by atoms with van der Waals surface area (Å²) in [4.78, 5) is 13.9. The molecule has 2 atom stereocenters. The summed E-state index contributed by atoms with van der Waals surface area (Å²) in [6.07, 6.45) is 0.671. The number of fused-ring (bicyclic) bond motifs is 1. The molecule has 2 aromatic rings. The predicted molar refractivity (Wildman–Crippen MR) is 56.7 cm³/mol. The van der Waals surface area contributed by atoms with Gasteiger partial charge in [0.05, 0.1) is 5.92 Å². The molecule has 3 nitrogen and oxygen atoms in total. The van der Waals surface area contributed by atoms with Crippen LogP contribution < -0.4 is 0 Å². The molecule has 2 unspecified atom stereocenters.